The Morgan fingerprint density at radius 3 is 2.71 bits per heavy atom. The molecule has 0 saturated heterocycles. The average molecular weight is 302 g/mol. The van der Waals surface area contributed by atoms with Crippen LogP contribution >= 0.6 is 15.9 Å². The number of rotatable bonds is 4. The lowest BCUT2D eigenvalue weighted by Gasteiger charge is -2.16. The molecule has 0 bridgehead atoms. The van der Waals surface area contributed by atoms with Crippen LogP contribution in [0.5, 0.6) is 11.5 Å². The van der Waals surface area contributed by atoms with Gasteiger partial charge in [-0.25, -0.2) is 0 Å². The number of hydrogen-bond acceptors (Lipinski definition) is 3. The standard InChI is InChI=1S/C12H16BrNO3/c1-12(2,13)11(16)14-7-8-4-5-9(15)10(6-8)17-3/h4-6,15H,7H2,1-3H3,(H,14,16). The van der Waals surface area contributed by atoms with Gasteiger partial charge in [0.15, 0.2) is 11.5 Å². The second-order valence-corrected chi connectivity index (χ2v) is 6.14. The molecule has 0 heterocycles. The summed E-state index contributed by atoms with van der Waals surface area (Å²) in [5.41, 5.74) is 0.866. The monoisotopic (exact) mass is 301 g/mol. The number of amides is 1. The molecule has 1 amide bonds. The maximum atomic E-state index is 11.6. The maximum Gasteiger partial charge on any atom is 0.236 e. The fourth-order valence-corrected chi connectivity index (χ4v) is 1.36. The van der Waals surface area contributed by atoms with Gasteiger partial charge in [-0.1, -0.05) is 22.0 Å². The number of hydrogen-bond donors (Lipinski definition) is 2. The van der Waals surface area contributed by atoms with Crippen molar-refractivity contribution < 1.29 is 14.6 Å². The van der Waals surface area contributed by atoms with E-state index in [1.54, 1.807) is 32.0 Å². The molecule has 0 spiro atoms. The van der Waals surface area contributed by atoms with Crippen LogP contribution < -0.4 is 10.1 Å². The molecule has 4 nitrogen and oxygen atoms in total. The Hall–Kier alpha value is -1.23. The minimum absolute atomic E-state index is 0.0865. The first-order valence-corrected chi connectivity index (χ1v) is 5.97. The third kappa shape index (κ3) is 3.93. The number of aromatic hydroxyl groups is 1. The van der Waals surface area contributed by atoms with E-state index >= 15 is 0 Å². The number of ether oxygens (including phenoxy) is 1. The molecule has 0 atom stereocenters. The normalized spacial score (nSPS) is 11.1. The van der Waals surface area contributed by atoms with Crippen LogP contribution in [-0.2, 0) is 11.3 Å². The number of carbonyl (C=O) groups is 1. The molecular weight excluding hydrogens is 286 g/mol. The number of phenols is 1. The van der Waals surface area contributed by atoms with E-state index in [2.05, 4.69) is 21.2 Å². The molecule has 0 radical (unpaired) electrons. The van der Waals surface area contributed by atoms with Gasteiger partial charge < -0.3 is 15.2 Å². The van der Waals surface area contributed by atoms with Crippen LogP contribution in [0.1, 0.15) is 19.4 Å². The maximum absolute atomic E-state index is 11.6. The zero-order chi connectivity index (χ0) is 13.1. The quantitative estimate of drug-likeness (QED) is 0.838. The Bertz CT molecular complexity index is 413. The molecular formula is C12H16BrNO3. The van der Waals surface area contributed by atoms with Crippen molar-refractivity contribution in [1.29, 1.82) is 0 Å². The molecule has 5 heteroatoms. The summed E-state index contributed by atoms with van der Waals surface area (Å²) in [5.74, 6) is 0.391. The van der Waals surface area contributed by atoms with Crippen LogP contribution in [0.15, 0.2) is 18.2 Å². The summed E-state index contributed by atoms with van der Waals surface area (Å²) < 4.78 is 4.40. The van der Waals surface area contributed by atoms with Crippen LogP contribution in [0.4, 0.5) is 0 Å². The van der Waals surface area contributed by atoms with Gasteiger partial charge in [0.05, 0.1) is 11.4 Å². The Morgan fingerprint density at radius 2 is 2.18 bits per heavy atom. The number of methoxy groups -OCH3 is 1. The highest BCUT2D eigenvalue weighted by atomic mass is 79.9. The molecule has 0 aromatic heterocycles. The van der Waals surface area contributed by atoms with Crippen molar-refractivity contribution in [3.8, 4) is 11.5 Å². The van der Waals surface area contributed by atoms with Gasteiger partial charge in [0.2, 0.25) is 5.91 Å². The van der Waals surface area contributed by atoms with Crippen molar-refractivity contribution in [3.05, 3.63) is 23.8 Å². The van der Waals surface area contributed by atoms with E-state index in [4.69, 9.17) is 4.74 Å². The van der Waals surface area contributed by atoms with E-state index < -0.39 is 4.32 Å². The molecule has 0 fully saturated rings. The number of benzene rings is 1. The number of carbonyl (C=O) groups excluding carboxylic acids is 1. The molecule has 1 rings (SSSR count). The molecule has 17 heavy (non-hydrogen) atoms. The Kier molecular flexibility index (Phi) is 4.40. The topological polar surface area (TPSA) is 58.6 Å². The van der Waals surface area contributed by atoms with Gasteiger partial charge in [0.25, 0.3) is 0 Å². The molecule has 94 valence electrons. The van der Waals surface area contributed by atoms with Crippen LogP contribution in [0.25, 0.3) is 0 Å². The summed E-state index contributed by atoms with van der Waals surface area (Å²) in [4.78, 5) is 11.6. The van der Waals surface area contributed by atoms with Crippen molar-refractivity contribution in [2.45, 2.75) is 24.7 Å². The first-order valence-electron chi connectivity index (χ1n) is 5.17. The molecule has 0 aliphatic carbocycles. The highest BCUT2D eigenvalue weighted by molar-refractivity contribution is 9.10. The highest BCUT2D eigenvalue weighted by Gasteiger charge is 2.22. The van der Waals surface area contributed by atoms with Gasteiger partial charge in [-0.05, 0) is 31.5 Å². The third-order valence-corrected chi connectivity index (χ3v) is 2.60. The number of nitrogens with one attached hydrogen (secondary N) is 1. The van der Waals surface area contributed by atoms with Gasteiger partial charge in [0.1, 0.15) is 0 Å². The first-order chi connectivity index (χ1) is 7.84. The Balaban J connectivity index is 2.67. The molecule has 0 aliphatic rings. The van der Waals surface area contributed by atoms with Crippen molar-refractivity contribution in [2.24, 2.45) is 0 Å². The predicted molar refractivity (Wildman–Crippen MR) is 69.5 cm³/mol. The average Bonchev–Trinajstić information content (AvgIpc) is 2.26. The first kappa shape index (κ1) is 13.8. The second-order valence-electron chi connectivity index (χ2n) is 4.16. The van der Waals surface area contributed by atoms with Crippen molar-refractivity contribution in [1.82, 2.24) is 5.32 Å². The highest BCUT2D eigenvalue weighted by Crippen LogP contribution is 2.26. The van der Waals surface area contributed by atoms with Gasteiger partial charge >= 0.3 is 0 Å². The molecule has 0 saturated carbocycles. The summed E-state index contributed by atoms with van der Waals surface area (Å²) >= 11 is 3.28. The zero-order valence-electron chi connectivity index (χ0n) is 10.1. The van der Waals surface area contributed by atoms with E-state index in [9.17, 15) is 9.90 Å². The summed E-state index contributed by atoms with van der Waals surface area (Å²) in [5, 5.41) is 12.2. The summed E-state index contributed by atoms with van der Waals surface area (Å²) in [6.45, 7) is 3.95. The third-order valence-electron chi connectivity index (χ3n) is 2.24. The van der Waals surface area contributed by atoms with Crippen molar-refractivity contribution >= 4 is 21.8 Å². The lowest BCUT2D eigenvalue weighted by Crippen LogP contribution is -2.37. The smallest absolute Gasteiger partial charge is 0.236 e. The van der Waals surface area contributed by atoms with Crippen LogP contribution in [-0.4, -0.2) is 22.4 Å². The van der Waals surface area contributed by atoms with Crippen molar-refractivity contribution in [2.75, 3.05) is 7.11 Å². The lowest BCUT2D eigenvalue weighted by atomic mass is 10.1. The zero-order valence-corrected chi connectivity index (χ0v) is 11.7. The van der Waals surface area contributed by atoms with Crippen molar-refractivity contribution in [3.63, 3.8) is 0 Å². The number of alkyl halides is 1. The molecule has 0 unspecified atom stereocenters. The van der Waals surface area contributed by atoms with E-state index in [1.807, 2.05) is 0 Å². The molecule has 1 aromatic carbocycles. The second kappa shape index (κ2) is 5.40. The molecule has 0 aliphatic heterocycles. The van der Waals surface area contributed by atoms with Crippen LogP contribution in [0, 0.1) is 0 Å². The van der Waals surface area contributed by atoms with Gasteiger partial charge in [-0.2, -0.15) is 0 Å². The SMILES string of the molecule is COc1cc(CNC(=O)C(C)(C)Br)ccc1O. The van der Waals surface area contributed by atoms with E-state index in [-0.39, 0.29) is 11.7 Å². The fraction of sp³-hybridized carbons (Fsp3) is 0.417. The predicted octanol–water partition coefficient (Wildman–Crippen LogP) is 2.19. The lowest BCUT2D eigenvalue weighted by molar-refractivity contribution is -0.122. The van der Waals surface area contributed by atoms with Crippen LogP contribution in [0.3, 0.4) is 0 Å². The Labute approximate surface area is 109 Å². The van der Waals surface area contributed by atoms with Crippen LogP contribution in [0.2, 0.25) is 0 Å². The van der Waals surface area contributed by atoms with E-state index in [0.717, 1.165) is 5.56 Å². The van der Waals surface area contributed by atoms with Gasteiger partial charge in [-0.3, -0.25) is 4.79 Å². The fourth-order valence-electron chi connectivity index (χ4n) is 1.22. The molecule has 1 aromatic rings. The molecule has 2 N–H and O–H groups in total. The van der Waals surface area contributed by atoms with Gasteiger partial charge in [-0.15, -0.1) is 0 Å². The number of phenolic OH excluding ortho intramolecular Hbond substituents is 1. The summed E-state index contributed by atoms with van der Waals surface area (Å²) in [7, 11) is 1.49. The van der Waals surface area contributed by atoms with E-state index in [1.165, 1.54) is 7.11 Å². The number of halogens is 1. The Morgan fingerprint density at radius 1 is 1.53 bits per heavy atom. The van der Waals surface area contributed by atoms with E-state index in [0.29, 0.717) is 12.3 Å². The largest absolute Gasteiger partial charge is 0.504 e. The summed E-state index contributed by atoms with van der Waals surface area (Å²) in [6.07, 6.45) is 0. The minimum atomic E-state index is -0.589. The van der Waals surface area contributed by atoms with Gasteiger partial charge in [0, 0.05) is 6.54 Å². The summed E-state index contributed by atoms with van der Waals surface area (Å²) in [6, 6.07) is 4.97. The minimum Gasteiger partial charge on any atom is -0.504 e.